The van der Waals surface area contributed by atoms with Crippen molar-refractivity contribution in [3.8, 4) is 5.75 Å². The Morgan fingerprint density at radius 1 is 1.20 bits per heavy atom. The van der Waals surface area contributed by atoms with Crippen LogP contribution in [0.2, 0.25) is 0 Å². The van der Waals surface area contributed by atoms with Gasteiger partial charge in [0.1, 0.15) is 11.5 Å². The van der Waals surface area contributed by atoms with E-state index in [0.29, 0.717) is 31.6 Å². The van der Waals surface area contributed by atoms with Gasteiger partial charge in [0.2, 0.25) is 5.91 Å². The number of benzene rings is 1. The number of carbonyl (C=O) groups excluding carboxylic acids is 1. The fraction of sp³-hybridized carbons (Fsp3) is 0.421. The molecule has 1 aromatic heterocycles. The van der Waals surface area contributed by atoms with Gasteiger partial charge in [0, 0.05) is 37.8 Å². The number of aliphatic hydroxyl groups is 1. The molecule has 1 unspecified atom stereocenters. The molecule has 1 fully saturated rings. The monoisotopic (exact) mass is 344 g/mol. The number of phenols is 1. The summed E-state index contributed by atoms with van der Waals surface area (Å²) in [5, 5.41) is 19.2. The minimum absolute atomic E-state index is 0.00193. The van der Waals surface area contributed by atoms with E-state index < -0.39 is 0 Å². The Bertz CT molecular complexity index is 686. The molecule has 2 heterocycles. The van der Waals surface area contributed by atoms with Gasteiger partial charge in [-0.3, -0.25) is 9.69 Å². The third-order valence-electron chi connectivity index (χ3n) is 4.69. The first-order valence-corrected chi connectivity index (χ1v) is 8.59. The zero-order chi connectivity index (χ0) is 17.6. The number of amides is 1. The number of piperazine rings is 1. The van der Waals surface area contributed by atoms with Crippen LogP contribution in [0.3, 0.4) is 0 Å². The number of para-hydroxylation sites is 1. The second-order valence-electron chi connectivity index (χ2n) is 6.36. The molecule has 2 N–H and O–H groups in total. The van der Waals surface area contributed by atoms with Crippen molar-refractivity contribution in [3.63, 3.8) is 0 Å². The molecule has 2 aromatic rings. The quantitative estimate of drug-likeness (QED) is 0.833. The Morgan fingerprint density at radius 2 is 2.04 bits per heavy atom. The first kappa shape index (κ1) is 17.5. The largest absolute Gasteiger partial charge is 0.508 e. The van der Waals surface area contributed by atoms with Crippen LogP contribution in [0.15, 0.2) is 47.1 Å². The zero-order valence-corrected chi connectivity index (χ0v) is 14.2. The highest BCUT2D eigenvalue weighted by Crippen LogP contribution is 2.20. The van der Waals surface area contributed by atoms with Gasteiger partial charge in [-0.05, 0) is 24.6 Å². The molecule has 1 aliphatic rings. The van der Waals surface area contributed by atoms with Crippen LogP contribution >= 0.6 is 0 Å². The minimum atomic E-state index is 0.00193. The summed E-state index contributed by atoms with van der Waals surface area (Å²) in [6.45, 7) is 2.71. The highest BCUT2D eigenvalue weighted by molar-refractivity contribution is 5.79. The number of carbonyl (C=O) groups is 1. The van der Waals surface area contributed by atoms with Crippen molar-refractivity contribution in [2.75, 3.05) is 26.2 Å². The smallest absolute Gasteiger partial charge is 0.227 e. The predicted molar refractivity (Wildman–Crippen MR) is 93.0 cm³/mol. The molecule has 0 aliphatic carbocycles. The van der Waals surface area contributed by atoms with E-state index in [1.807, 2.05) is 23.1 Å². The normalized spacial score (nSPS) is 18.4. The minimum Gasteiger partial charge on any atom is -0.508 e. The third kappa shape index (κ3) is 4.41. The van der Waals surface area contributed by atoms with Crippen LogP contribution in [-0.2, 0) is 17.8 Å². The van der Waals surface area contributed by atoms with Crippen LogP contribution < -0.4 is 0 Å². The van der Waals surface area contributed by atoms with Gasteiger partial charge in [0.15, 0.2) is 0 Å². The highest BCUT2D eigenvalue weighted by Gasteiger charge is 2.29. The molecule has 134 valence electrons. The number of hydrogen-bond donors (Lipinski definition) is 2. The van der Waals surface area contributed by atoms with Crippen molar-refractivity contribution < 1.29 is 19.4 Å². The Labute approximate surface area is 147 Å². The molecule has 3 rings (SSSR count). The Balaban J connectivity index is 1.62. The molecule has 1 saturated heterocycles. The third-order valence-corrected chi connectivity index (χ3v) is 4.69. The maximum absolute atomic E-state index is 12.6. The SMILES string of the molecule is O=C(Cc1ccccc1O)N1CCN(Cc2ccco2)C(CCO)C1. The predicted octanol–water partition coefficient (Wildman–Crippen LogP) is 1.62. The van der Waals surface area contributed by atoms with Gasteiger partial charge >= 0.3 is 0 Å². The van der Waals surface area contributed by atoms with Gasteiger partial charge in [-0.2, -0.15) is 0 Å². The molecule has 0 spiro atoms. The maximum atomic E-state index is 12.6. The van der Waals surface area contributed by atoms with Gasteiger partial charge in [-0.1, -0.05) is 18.2 Å². The average Bonchev–Trinajstić information content (AvgIpc) is 3.12. The maximum Gasteiger partial charge on any atom is 0.227 e. The molecule has 1 amide bonds. The molecule has 1 atom stereocenters. The molecule has 0 radical (unpaired) electrons. The van der Waals surface area contributed by atoms with Gasteiger partial charge in [0.05, 0.1) is 19.2 Å². The first-order chi connectivity index (χ1) is 12.2. The summed E-state index contributed by atoms with van der Waals surface area (Å²) >= 11 is 0. The highest BCUT2D eigenvalue weighted by atomic mass is 16.3. The molecule has 0 bridgehead atoms. The van der Waals surface area contributed by atoms with E-state index in [1.54, 1.807) is 24.5 Å². The second kappa shape index (κ2) is 8.18. The zero-order valence-electron chi connectivity index (χ0n) is 14.2. The molecular weight excluding hydrogens is 320 g/mol. The number of furan rings is 1. The number of hydrogen-bond acceptors (Lipinski definition) is 5. The van der Waals surface area contributed by atoms with Crippen molar-refractivity contribution in [3.05, 3.63) is 54.0 Å². The Hall–Kier alpha value is -2.31. The summed E-state index contributed by atoms with van der Waals surface area (Å²) in [5.74, 6) is 1.04. The van der Waals surface area contributed by atoms with Crippen LogP contribution in [0.4, 0.5) is 0 Å². The summed E-state index contributed by atoms with van der Waals surface area (Å²) in [6.07, 6.45) is 2.46. The van der Waals surface area contributed by atoms with Crippen LogP contribution in [0.25, 0.3) is 0 Å². The summed E-state index contributed by atoms with van der Waals surface area (Å²) < 4.78 is 5.42. The first-order valence-electron chi connectivity index (χ1n) is 8.59. The van der Waals surface area contributed by atoms with Crippen molar-refractivity contribution in [2.24, 2.45) is 0 Å². The Kier molecular flexibility index (Phi) is 5.73. The van der Waals surface area contributed by atoms with E-state index in [0.717, 1.165) is 12.3 Å². The van der Waals surface area contributed by atoms with Crippen molar-refractivity contribution in [1.82, 2.24) is 9.80 Å². The van der Waals surface area contributed by atoms with Crippen LogP contribution in [-0.4, -0.2) is 58.2 Å². The number of rotatable bonds is 6. The van der Waals surface area contributed by atoms with Gasteiger partial charge < -0.3 is 19.5 Å². The van der Waals surface area contributed by atoms with Gasteiger partial charge in [0.25, 0.3) is 0 Å². The topological polar surface area (TPSA) is 77.2 Å². The van der Waals surface area contributed by atoms with Crippen molar-refractivity contribution in [1.29, 1.82) is 0 Å². The molecule has 1 aromatic carbocycles. The summed E-state index contributed by atoms with van der Waals surface area (Å²) in [5.41, 5.74) is 0.643. The fourth-order valence-electron chi connectivity index (χ4n) is 3.29. The average molecular weight is 344 g/mol. The van der Waals surface area contributed by atoms with E-state index in [-0.39, 0.29) is 30.7 Å². The van der Waals surface area contributed by atoms with E-state index in [4.69, 9.17) is 4.42 Å². The van der Waals surface area contributed by atoms with E-state index in [1.165, 1.54) is 0 Å². The van der Waals surface area contributed by atoms with E-state index in [9.17, 15) is 15.0 Å². The lowest BCUT2D eigenvalue weighted by molar-refractivity contribution is -0.134. The van der Waals surface area contributed by atoms with E-state index in [2.05, 4.69) is 4.90 Å². The van der Waals surface area contributed by atoms with Crippen molar-refractivity contribution in [2.45, 2.75) is 25.4 Å². The fourth-order valence-corrected chi connectivity index (χ4v) is 3.29. The molecule has 6 nitrogen and oxygen atoms in total. The Morgan fingerprint density at radius 3 is 2.76 bits per heavy atom. The number of nitrogens with zero attached hydrogens (tertiary/aromatic N) is 2. The van der Waals surface area contributed by atoms with Crippen LogP contribution in [0, 0.1) is 0 Å². The lowest BCUT2D eigenvalue weighted by Crippen LogP contribution is -2.54. The molecule has 1 aliphatic heterocycles. The summed E-state index contributed by atoms with van der Waals surface area (Å²) in [4.78, 5) is 16.7. The van der Waals surface area contributed by atoms with Crippen LogP contribution in [0.1, 0.15) is 17.7 Å². The molecule has 25 heavy (non-hydrogen) atoms. The number of aliphatic hydroxyl groups excluding tert-OH is 1. The molecule has 0 saturated carbocycles. The summed E-state index contributed by atoms with van der Waals surface area (Å²) in [6, 6.07) is 10.8. The summed E-state index contributed by atoms with van der Waals surface area (Å²) in [7, 11) is 0. The lowest BCUT2D eigenvalue weighted by Gasteiger charge is -2.41. The van der Waals surface area contributed by atoms with Gasteiger partial charge in [-0.15, -0.1) is 0 Å². The van der Waals surface area contributed by atoms with E-state index >= 15 is 0 Å². The van der Waals surface area contributed by atoms with Gasteiger partial charge in [-0.25, -0.2) is 0 Å². The number of phenolic OH excluding ortho intramolecular Hbond substituents is 1. The standard InChI is InChI=1S/C19H24N2O4/c22-10-7-16-13-21(9-8-20(16)14-17-5-3-11-25-17)19(24)12-15-4-1-2-6-18(15)23/h1-6,11,16,22-23H,7-10,12-14H2. The van der Waals surface area contributed by atoms with Crippen LogP contribution in [0.5, 0.6) is 5.75 Å². The second-order valence-corrected chi connectivity index (χ2v) is 6.36. The van der Waals surface area contributed by atoms with Crippen molar-refractivity contribution >= 4 is 5.91 Å². The molecule has 6 heteroatoms. The molecular formula is C19H24N2O4. The number of aromatic hydroxyl groups is 1. The lowest BCUT2D eigenvalue weighted by atomic mass is 10.1.